The first-order valence-electron chi connectivity index (χ1n) is 7.64. The third-order valence-electron chi connectivity index (χ3n) is 5.17. The third kappa shape index (κ3) is 2.18. The summed E-state index contributed by atoms with van der Waals surface area (Å²) in [5.41, 5.74) is 0.984. The minimum absolute atomic E-state index is 0.0283. The molecular weight excluding hydrogens is 282 g/mol. The number of carbonyl (C=O) groups is 1. The number of carbonyl (C=O) groups excluding carboxylic acids is 1. The van der Waals surface area contributed by atoms with E-state index in [0.717, 1.165) is 22.6 Å². The molecular formula is C16H19N3OS. The molecule has 5 heteroatoms. The molecule has 3 aliphatic rings. The van der Waals surface area contributed by atoms with Crippen LogP contribution in [0.1, 0.15) is 38.2 Å². The van der Waals surface area contributed by atoms with Crippen molar-refractivity contribution in [2.75, 3.05) is 0 Å². The first-order chi connectivity index (χ1) is 10.1. The summed E-state index contributed by atoms with van der Waals surface area (Å²) in [6.07, 6.45) is 8.70. The van der Waals surface area contributed by atoms with Gasteiger partial charge in [-0.3, -0.25) is 14.8 Å². The Bertz CT molecular complexity index is 603. The van der Waals surface area contributed by atoms with Gasteiger partial charge in [0.2, 0.25) is 5.91 Å². The standard InChI is InChI=1S/C16H19N3OS/c1-16(12-4-6-17-7-5-12)14(20)19-15(21-16)18-13-9-10-2-3-11(13)8-10/h4-7,10-11,13H,2-3,8-9H2,1H3,(H,18,19,20)/t10-,11-,13?,16?/m0/s1. The zero-order chi connectivity index (χ0) is 14.4. The van der Waals surface area contributed by atoms with Crippen LogP contribution in [0.15, 0.2) is 29.5 Å². The van der Waals surface area contributed by atoms with Crippen LogP contribution in [0.4, 0.5) is 0 Å². The average molecular weight is 301 g/mol. The number of aromatic nitrogens is 1. The van der Waals surface area contributed by atoms with Crippen LogP contribution in [-0.4, -0.2) is 22.1 Å². The number of rotatable bonds is 2. The fourth-order valence-corrected chi connectivity index (χ4v) is 5.04. The Kier molecular flexibility index (Phi) is 3.06. The van der Waals surface area contributed by atoms with Crippen molar-refractivity contribution in [3.05, 3.63) is 30.1 Å². The highest BCUT2D eigenvalue weighted by Crippen LogP contribution is 2.47. The minimum Gasteiger partial charge on any atom is -0.304 e. The highest BCUT2D eigenvalue weighted by molar-refractivity contribution is 8.15. The molecule has 4 nitrogen and oxygen atoms in total. The minimum atomic E-state index is -0.584. The zero-order valence-corrected chi connectivity index (χ0v) is 12.9. The molecule has 0 radical (unpaired) electrons. The van der Waals surface area contributed by atoms with Crippen molar-refractivity contribution >= 4 is 22.8 Å². The molecule has 1 amide bonds. The monoisotopic (exact) mass is 301 g/mol. The van der Waals surface area contributed by atoms with Gasteiger partial charge in [-0.1, -0.05) is 18.2 Å². The van der Waals surface area contributed by atoms with Crippen molar-refractivity contribution in [3.63, 3.8) is 0 Å². The predicted molar refractivity (Wildman–Crippen MR) is 84.0 cm³/mol. The number of amides is 1. The topological polar surface area (TPSA) is 54.4 Å². The number of fused-ring (bicyclic) bond motifs is 2. The van der Waals surface area contributed by atoms with Crippen molar-refractivity contribution in [3.8, 4) is 0 Å². The van der Waals surface area contributed by atoms with Crippen LogP contribution in [0.3, 0.4) is 0 Å². The summed E-state index contributed by atoms with van der Waals surface area (Å²) in [5.74, 6) is 1.64. The molecule has 2 unspecified atom stereocenters. The van der Waals surface area contributed by atoms with Crippen molar-refractivity contribution in [1.82, 2.24) is 10.3 Å². The van der Waals surface area contributed by atoms with Gasteiger partial charge in [0.25, 0.3) is 0 Å². The zero-order valence-electron chi connectivity index (χ0n) is 12.1. The Morgan fingerprint density at radius 1 is 1.33 bits per heavy atom. The lowest BCUT2D eigenvalue weighted by Gasteiger charge is -2.19. The predicted octanol–water partition coefficient (Wildman–Crippen LogP) is 2.70. The van der Waals surface area contributed by atoms with Crippen molar-refractivity contribution in [2.24, 2.45) is 16.8 Å². The van der Waals surface area contributed by atoms with E-state index >= 15 is 0 Å². The molecule has 1 aromatic rings. The molecule has 1 aromatic heterocycles. The molecule has 4 atom stereocenters. The van der Waals surface area contributed by atoms with Gasteiger partial charge in [-0.15, -0.1) is 0 Å². The van der Waals surface area contributed by atoms with Crippen LogP contribution in [0.25, 0.3) is 0 Å². The molecule has 1 saturated heterocycles. The number of aliphatic imine (C=N–C) groups is 1. The van der Waals surface area contributed by atoms with Crippen LogP contribution in [0.2, 0.25) is 0 Å². The van der Waals surface area contributed by atoms with Crippen molar-refractivity contribution in [1.29, 1.82) is 0 Å². The number of hydrogen-bond acceptors (Lipinski definition) is 4. The Labute approximate surface area is 128 Å². The van der Waals surface area contributed by atoms with E-state index in [4.69, 9.17) is 4.99 Å². The highest BCUT2D eigenvalue weighted by atomic mass is 32.2. The van der Waals surface area contributed by atoms with Crippen LogP contribution in [0.5, 0.6) is 0 Å². The lowest BCUT2D eigenvalue weighted by molar-refractivity contribution is -0.121. The van der Waals surface area contributed by atoms with Gasteiger partial charge in [-0.05, 0) is 55.7 Å². The van der Waals surface area contributed by atoms with Crippen LogP contribution >= 0.6 is 11.8 Å². The summed E-state index contributed by atoms with van der Waals surface area (Å²) >= 11 is 1.55. The lowest BCUT2D eigenvalue weighted by Crippen LogP contribution is -2.32. The summed E-state index contributed by atoms with van der Waals surface area (Å²) in [5, 5.41) is 3.79. The number of nitrogens with one attached hydrogen (secondary N) is 1. The number of thioether (sulfide) groups is 1. The van der Waals surface area contributed by atoms with E-state index in [2.05, 4.69) is 10.3 Å². The number of nitrogens with zero attached hydrogens (tertiary/aromatic N) is 2. The second-order valence-electron chi connectivity index (χ2n) is 6.50. The van der Waals surface area contributed by atoms with Gasteiger partial charge in [-0.25, -0.2) is 0 Å². The van der Waals surface area contributed by atoms with Gasteiger partial charge in [0.1, 0.15) is 4.75 Å². The summed E-state index contributed by atoms with van der Waals surface area (Å²) in [4.78, 5) is 21.3. The van der Waals surface area contributed by atoms with E-state index in [1.54, 1.807) is 24.2 Å². The van der Waals surface area contributed by atoms with Crippen LogP contribution in [-0.2, 0) is 9.54 Å². The molecule has 2 bridgehead atoms. The Morgan fingerprint density at radius 2 is 2.14 bits per heavy atom. The summed E-state index contributed by atoms with van der Waals surface area (Å²) in [6, 6.07) is 4.24. The molecule has 2 saturated carbocycles. The highest BCUT2D eigenvalue weighted by Gasteiger charge is 2.45. The molecule has 2 heterocycles. The summed E-state index contributed by atoms with van der Waals surface area (Å²) in [7, 11) is 0. The van der Waals surface area contributed by atoms with E-state index in [0.29, 0.717) is 6.04 Å². The van der Waals surface area contributed by atoms with E-state index < -0.39 is 4.75 Å². The molecule has 110 valence electrons. The number of amidine groups is 1. The van der Waals surface area contributed by atoms with Gasteiger partial charge in [0.05, 0.1) is 6.04 Å². The molecule has 21 heavy (non-hydrogen) atoms. The van der Waals surface area contributed by atoms with E-state index in [1.807, 2.05) is 19.1 Å². The first kappa shape index (κ1) is 13.3. The fraction of sp³-hybridized carbons (Fsp3) is 0.562. The first-order valence-corrected chi connectivity index (χ1v) is 8.45. The Morgan fingerprint density at radius 3 is 2.81 bits per heavy atom. The van der Waals surface area contributed by atoms with Crippen LogP contribution in [0, 0.1) is 11.8 Å². The maximum absolute atomic E-state index is 12.4. The maximum atomic E-state index is 12.4. The van der Waals surface area contributed by atoms with Gasteiger partial charge in [0.15, 0.2) is 5.17 Å². The summed E-state index contributed by atoms with van der Waals surface area (Å²) in [6.45, 7) is 1.96. The van der Waals surface area contributed by atoms with Gasteiger partial charge in [-0.2, -0.15) is 0 Å². The Balaban J connectivity index is 1.57. The number of hydrogen-bond donors (Lipinski definition) is 1. The van der Waals surface area contributed by atoms with E-state index in [9.17, 15) is 4.79 Å². The molecule has 0 spiro atoms. The van der Waals surface area contributed by atoms with Gasteiger partial charge >= 0.3 is 0 Å². The van der Waals surface area contributed by atoms with Crippen molar-refractivity contribution < 1.29 is 4.79 Å². The second-order valence-corrected chi connectivity index (χ2v) is 7.91. The lowest BCUT2D eigenvalue weighted by atomic mass is 9.96. The van der Waals surface area contributed by atoms with Gasteiger partial charge in [0, 0.05) is 12.4 Å². The normalized spacial score (nSPS) is 40.0. The molecule has 1 N–H and O–H groups in total. The van der Waals surface area contributed by atoms with Gasteiger partial charge < -0.3 is 5.32 Å². The fourth-order valence-electron chi connectivity index (χ4n) is 3.92. The molecule has 2 aliphatic carbocycles. The molecule has 0 aromatic carbocycles. The van der Waals surface area contributed by atoms with Crippen LogP contribution < -0.4 is 5.32 Å². The Hall–Kier alpha value is -1.36. The molecule has 3 fully saturated rings. The maximum Gasteiger partial charge on any atom is 0.246 e. The SMILES string of the molecule is CC1(c2ccncc2)SC(=NC2C[C@H]3CC[C@H]2C3)NC1=O. The molecule has 4 rings (SSSR count). The quantitative estimate of drug-likeness (QED) is 0.914. The van der Waals surface area contributed by atoms with E-state index in [-0.39, 0.29) is 5.91 Å². The second kappa shape index (κ2) is 4.83. The summed E-state index contributed by atoms with van der Waals surface area (Å²) < 4.78 is -0.584. The smallest absolute Gasteiger partial charge is 0.246 e. The average Bonchev–Trinajstić information content (AvgIpc) is 3.16. The van der Waals surface area contributed by atoms with E-state index in [1.165, 1.54) is 25.7 Å². The molecule has 1 aliphatic heterocycles. The largest absolute Gasteiger partial charge is 0.304 e. The third-order valence-corrected chi connectivity index (χ3v) is 6.40. The van der Waals surface area contributed by atoms with Crippen molar-refractivity contribution in [2.45, 2.75) is 43.4 Å². The number of pyridine rings is 1.